The van der Waals surface area contributed by atoms with Crippen molar-refractivity contribution in [2.24, 2.45) is 5.73 Å². The van der Waals surface area contributed by atoms with E-state index in [-0.39, 0.29) is 0 Å². The quantitative estimate of drug-likeness (QED) is 0.796. The molecule has 2 aromatic carbocycles. The second-order valence-electron chi connectivity index (χ2n) is 7.24. The Morgan fingerprint density at radius 2 is 1.93 bits per heavy atom. The molecule has 0 aromatic heterocycles. The average Bonchev–Trinajstić information content (AvgIpc) is 3.06. The molecule has 3 N–H and O–H groups in total. The minimum Gasteiger partial charge on any atom is -0.366 e. The fraction of sp³-hybridized carbons (Fsp3) is 0.227. The van der Waals surface area contributed by atoms with E-state index < -0.39 is 15.9 Å². The van der Waals surface area contributed by atoms with E-state index in [1.165, 1.54) is 17.6 Å². The fourth-order valence-corrected chi connectivity index (χ4v) is 4.82. The maximum Gasteiger partial charge on any atom is 0.254 e. The van der Waals surface area contributed by atoms with Gasteiger partial charge in [-0.3, -0.25) is 9.52 Å². The summed E-state index contributed by atoms with van der Waals surface area (Å²) in [6, 6.07) is 11.0. The highest BCUT2D eigenvalue weighted by molar-refractivity contribution is 7.95. The number of benzene rings is 2. The number of carbonyl (C=O) groups excluding carboxylic acids is 1. The summed E-state index contributed by atoms with van der Waals surface area (Å²) in [5.74, 6) is -0.407. The fourth-order valence-electron chi connectivity index (χ4n) is 4.28. The topological polar surface area (TPSA) is 89.3 Å². The average molecular weight is 394 g/mol. The van der Waals surface area contributed by atoms with Crippen molar-refractivity contribution in [3.63, 3.8) is 0 Å². The lowest BCUT2D eigenvalue weighted by Gasteiger charge is -2.18. The van der Waals surface area contributed by atoms with Gasteiger partial charge in [-0.15, -0.1) is 0 Å². The predicted molar refractivity (Wildman–Crippen MR) is 112 cm³/mol. The summed E-state index contributed by atoms with van der Waals surface area (Å²) in [4.78, 5) is 12.0. The summed E-state index contributed by atoms with van der Waals surface area (Å²) >= 11 is 0. The lowest BCUT2D eigenvalue weighted by Crippen LogP contribution is -2.14. The molecule has 1 amide bonds. The van der Waals surface area contributed by atoms with Crippen molar-refractivity contribution in [1.29, 1.82) is 0 Å². The molecule has 5 nitrogen and oxygen atoms in total. The van der Waals surface area contributed by atoms with Crippen LogP contribution in [-0.2, 0) is 16.4 Å². The number of allylic oxidation sites excluding steroid dienone is 2. The largest absolute Gasteiger partial charge is 0.366 e. The van der Waals surface area contributed by atoms with Crippen molar-refractivity contribution in [1.82, 2.24) is 0 Å². The molecule has 0 unspecified atom stereocenters. The van der Waals surface area contributed by atoms with Gasteiger partial charge in [-0.1, -0.05) is 30.4 Å². The van der Waals surface area contributed by atoms with Crippen molar-refractivity contribution >= 4 is 27.2 Å². The molecule has 6 heteroatoms. The highest BCUT2D eigenvalue weighted by Crippen LogP contribution is 2.47. The molecule has 0 fully saturated rings. The van der Waals surface area contributed by atoms with Gasteiger partial charge in [0.25, 0.3) is 10.0 Å². The van der Waals surface area contributed by atoms with Gasteiger partial charge in [0.2, 0.25) is 5.91 Å². The van der Waals surface area contributed by atoms with E-state index in [0.717, 1.165) is 53.3 Å². The van der Waals surface area contributed by atoms with E-state index in [9.17, 15) is 13.2 Å². The molecule has 0 heterocycles. The van der Waals surface area contributed by atoms with Gasteiger partial charge in [0.1, 0.15) is 0 Å². The zero-order valence-electron chi connectivity index (χ0n) is 15.5. The summed E-state index contributed by atoms with van der Waals surface area (Å²) in [6.07, 6.45) is 5.14. The lowest BCUT2D eigenvalue weighted by molar-refractivity contribution is 0.0999. The van der Waals surface area contributed by atoms with Crippen molar-refractivity contribution in [2.75, 3.05) is 4.72 Å². The smallest absolute Gasteiger partial charge is 0.254 e. The highest BCUT2D eigenvalue weighted by Gasteiger charge is 2.29. The van der Waals surface area contributed by atoms with Gasteiger partial charge < -0.3 is 5.73 Å². The molecule has 0 saturated heterocycles. The molecule has 0 radical (unpaired) electrons. The number of primary amides is 1. The van der Waals surface area contributed by atoms with Gasteiger partial charge in [0.05, 0.1) is 0 Å². The van der Waals surface area contributed by atoms with Gasteiger partial charge in [-0.05, 0) is 78.1 Å². The minimum atomic E-state index is -3.58. The zero-order valence-corrected chi connectivity index (χ0v) is 16.3. The van der Waals surface area contributed by atoms with Crippen LogP contribution in [0.2, 0.25) is 0 Å². The summed E-state index contributed by atoms with van der Waals surface area (Å²) < 4.78 is 26.1. The van der Waals surface area contributed by atoms with E-state index in [2.05, 4.69) is 11.3 Å². The number of sulfonamides is 1. The maximum atomic E-state index is 12.0. The van der Waals surface area contributed by atoms with Crippen molar-refractivity contribution < 1.29 is 13.2 Å². The van der Waals surface area contributed by atoms with Crippen LogP contribution in [0.1, 0.15) is 47.2 Å². The van der Waals surface area contributed by atoms with E-state index in [0.29, 0.717) is 11.3 Å². The normalized spacial score (nSPS) is 15.7. The van der Waals surface area contributed by atoms with E-state index in [1.54, 1.807) is 12.1 Å². The van der Waals surface area contributed by atoms with Crippen LogP contribution in [-0.4, -0.2) is 14.3 Å². The van der Waals surface area contributed by atoms with Crippen LogP contribution >= 0.6 is 0 Å². The summed E-state index contributed by atoms with van der Waals surface area (Å²) in [6.45, 7) is 3.33. The van der Waals surface area contributed by atoms with Crippen LogP contribution in [0.25, 0.3) is 16.7 Å². The Balaban J connectivity index is 1.86. The number of nitrogens with one attached hydrogen (secondary N) is 1. The predicted octanol–water partition coefficient (Wildman–Crippen LogP) is 4.22. The standard InChI is InChI=1S/C22H22N2O3S/c1-2-28(26,27)24-16-8-5-7-14(12-16)18-10-11-19(22(23)25)20-13-15-6-3-4-9-17(15)21(18)20/h2,5,7-8,10-12,24H,1,3-4,6,9,13H2,(H2,23,25). The van der Waals surface area contributed by atoms with E-state index in [1.807, 2.05) is 24.3 Å². The molecular weight excluding hydrogens is 372 g/mol. The first kappa shape index (κ1) is 18.5. The van der Waals surface area contributed by atoms with Crippen LogP contribution in [0, 0.1) is 0 Å². The Hall–Kier alpha value is -2.86. The Bertz CT molecular complexity index is 1130. The molecule has 0 bridgehead atoms. The highest BCUT2D eigenvalue weighted by atomic mass is 32.2. The SMILES string of the molecule is C=CS(=O)(=O)Nc1cccc(-c2ccc(C(N)=O)c3c2C2=C(CCCC2)C3)c1. The first-order valence-corrected chi connectivity index (χ1v) is 10.9. The molecule has 0 atom stereocenters. The van der Waals surface area contributed by atoms with Gasteiger partial charge in [-0.2, -0.15) is 0 Å². The molecule has 28 heavy (non-hydrogen) atoms. The molecule has 0 saturated carbocycles. The number of hydrogen-bond donors (Lipinski definition) is 2. The molecule has 0 spiro atoms. The monoisotopic (exact) mass is 394 g/mol. The molecule has 0 aliphatic heterocycles. The van der Waals surface area contributed by atoms with Crippen LogP contribution in [0.15, 0.2) is 54.0 Å². The zero-order chi connectivity index (χ0) is 19.9. The van der Waals surface area contributed by atoms with Crippen molar-refractivity contribution in [3.05, 3.63) is 70.6 Å². The number of carbonyl (C=O) groups is 1. The van der Waals surface area contributed by atoms with Crippen LogP contribution in [0.3, 0.4) is 0 Å². The number of hydrogen-bond acceptors (Lipinski definition) is 3. The minimum absolute atomic E-state index is 0.407. The van der Waals surface area contributed by atoms with Crippen molar-refractivity contribution in [3.8, 4) is 11.1 Å². The Morgan fingerprint density at radius 1 is 1.14 bits per heavy atom. The van der Waals surface area contributed by atoms with Gasteiger partial charge in [-0.25, -0.2) is 8.42 Å². The van der Waals surface area contributed by atoms with E-state index in [4.69, 9.17) is 5.73 Å². The first-order valence-electron chi connectivity index (χ1n) is 9.32. The summed E-state index contributed by atoms with van der Waals surface area (Å²) in [7, 11) is -3.58. The van der Waals surface area contributed by atoms with Gasteiger partial charge in [0.15, 0.2) is 0 Å². The van der Waals surface area contributed by atoms with Crippen LogP contribution in [0.5, 0.6) is 0 Å². The number of amides is 1. The lowest BCUT2D eigenvalue weighted by atomic mass is 9.87. The first-order chi connectivity index (χ1) is 13.4. The molecular formula is C22H22N2O3S. The van der Waals surface area contributed by atoms with Gasteiger partial charge >= 0.3 is 0 Å². The van der Waals surface area contributed by atoms with Crippen LogP contribution < -0.4 is 10.5 Å². The third kappa shape index (κ3) is 3.24. The second kappa shape index (κ2) is 6.95. The molecule has 2 aromatic rings. The number of fused-ring (bicyclic) bond motifs is 2. The summed E-state index contributed by atoms with van der Waals surface area (Å²) in [5.41, 5.74) is 13.4. The molecule has 2 aliphatic rings. The molecule has 144 valence electrons. The number of nitrogens with two attached hydrogens (primary N) is 1. The molecule has 4 rings (SSSR count). The Morgan fingerprint density at radius 3 is 2.68 bits per heavy atom. The number of rotatable bonds is 5. The third-order valence-corrected chi connectivity index (χ3v) is 6.46. The van der Waals surface area contributed by atoms with Crippen molar-refractivity contribution in [2.45, 2.75) is 32.1 Å². The van der Waals surface area contributed by atoms with Crippen LogP contribution in [0.4, 0.5) is 5.69 Å². The summed E-state index contributed by atoms with van der Waals surface area (Å²) in [5, 5.41) is 0.887. The van der Waals surface area contributed by atoms with E-state index >= 15 is 0 Å². The second-order valence-corrected chi connectivity index (χ2v) is 8.87. The third-order valence-electron chi connectivity index (χ3n) is 5.51. The molecule has 2 aliphatic carbocycles. The maximum absolute atomic E-state index is 12.0. The Labute approximate surface area is 165 Å². The number of anilines is 1. The Kier molecular flexibility index (Phi) is 4.59. The van der Waals surface area contributed by atoms with Gasteiger partial charge in [0, 0.05) is 16.7 Å².